The maximum absolute atomic E-state index is 13.9. The van der Waals surface area contributed by atoms with Gasteiger partial charge in [-0.1, -0.05) is 83.3 Å². The summed E-state index contributed by atoms with van der Waals surface area (Å²) < 4.78 is 29.2. The summed E-state index contributed by atoms with van der Waals surface area (Å²) >= 11 is 15.7. The van der Waals surface area contributed by atoms with Crippen LogP contribution in [0.1, 0.15) is 26.3 Å². The number of hydrogen-bond acceptors (Lipinski definition) is 4. The fourth-order valence-corrected chi connectivity index (χ4v) is 5.88. The number of carbonyl (C=O) groups is 2. The SMILES string of the molecule is CC(C)CNC(=O)[C@H](C)N(Cc1ccc(Cl)c(Cl)c1)C(=O)CN(c1cccc(Br)c1)S(=O)(=O)c1ccccc1. The van der Waals surface area contributed by atoms with Gasteiger partial charge in [-0.2, -0.15) is 0 Å². The number of nitrogens with one attached hydrogen (secondary N) is 1. The quantitative estimate of drug-likeness (QED) is 0.269. The first kappa shape index (κ1) is 30.9. The van der Waals surface area contributed by atoms with E-state index in [1.807, 2.05) is 13.8 Å². The Balaban J connectivity index is 2.01. The zero-order valence-electron chi connectivity index (χ0n) is 21.8. The second-order valence-electron chi connectivity index (χ2n) is 9.39. The minimum atomic E-state index is -4.13. The van der Waals surface area contributed by atoms with Crippen molar-refractivity contribution < 1.29 is 18.0 Å². The number of benzene rings is 3. The molecule has 3 aromatic carbocycles. The molecular formula is C28H30BrCl2N3O4S. The van der Waals surface area contributed by atoms with E-state index in [0.29, 0.717) is 32.3 Å². The molecule has 0 saturated carbocycles. The van der Waals surface area contributed by atoms with Crippen LogP contribution >= 0.6 is 39.1 Å². The molecular weight excluding hydrogens is 625 g/mol. The van der Waals surface area contributed by atoms with Crippen LogP contribution in [-0.2, 0) is 26.2 Å². The smallest absolute Gasteiger partial charge is 0.264 e. The molecule has 3 rings (SSSR count). The van der Waals surface area contributed by atoms with Crippen LogP contribution in [0.5, 0.6) is 0 Å². The average molecular weight is 655 g/mol. The number of carbonyl (C=O) groups excluding carboxylic acids is 2. The Labute approximate surface area is 248 Å². The first-order chi connectivity index (χ1) is 18.4. The predicted molar refractivity (Wildman–Crippen MR) is 159 cm³/mol. The Morgan fingerprint density at radius 3 is 2.23 bits per heavy atom. The van der Waals surface area contributed by atoms with Gasteiger partial charge in [0.25, 0.3) is 10.0 Å². The largest absolute Gasteiger partial charge is 0.354 e. The van der Waals surface area contributed by atoms with Crippen LogP contribution in [0.2, 0.25) is 10.0 Å². The van der Waals surface area contributed by atoms with Gasteiger partial charge in [0.2, 0.25) is 11.8 Å². The standard InChI is InChI=1S/C28H30BrCl2N3O4S/c1-19(2)16-32-28(36)20(3)33(17-21-12-13-25(30)26(31)14-21)27(35)18-34(23-9-7-8-22(29)15-23)39(37,38)24-10-5-4-6-11-24/h4-15,19-20H,16-18H2,1-3H3,(H,32,36)/t20-/m0/s1. The summed E-state index contributed by atoms with van der Waals surface area (Å²) in [6, 6.07) is 18.6. The summed E-state index contributed by atoms with van der Waals surface area (Å²) in [6.45, 7) is 5.47. The molecule has 1 atom stereocenters. The summed E-state index contributed by atoms with van der Waals surface area (Å²) in [5.41, 5.74) is 0.939. The van der Waals surface area contributed by atoms with E-state index in [1.54, 1.807) is 67.6 Å². The maximum atomic E-state index is 13.9. The molecule has 3 aromatic rings. The van der Waals surface area contributed by atoms with Crippen LogP contribution < -0.4 is 9.62 Å². The summed E-state index contributed by atoms with van der Waals surface area (Å²) in [4.78, 5) is 28.3. The molecule has 208 valence electrons. The molecule has 0 saturated heterocycles. The number of amides is 2. The molecule has 11 heteroatoms. The monoisotopic (exact) mass is 653 g/mol. The highest BCUT2D eigenvalue weighted by atomic mass is 79.9. The Morgan fingerprint density at radius 2 is 1.62 bits per heavy atom. The second kappa shape index (κ2) is 13.7. The highest BCUT2D eigenvalue weighted by Gasteiger charge is 2.32. The molecule has 1 N–H and O–H groups in total. The third-order valence-electron chi connectivity index (χ3n) is 5.90. The van der Waals surface area contributed by atoms with Crippen molar-refractivity contribution in [1.29, 1.82) is 0 Å². The van der Waals surface area contributed by atoms with E-state index in [1.165, 1.54) is 17.0 Å². The number of anilines is 1. The van der Waals surface area contributed by atoms with E-state index in [-0.39, 0.29) is 23.3 Å². The molecule has 0 spiro atoms. The Kier molecular flexibility index (Phi) is 10.8. The number of nitrogens with zero attached hydrogens (tertiary/aromatic N) is 2. The summed E-state index contributed by atoms with van der Waals surface area (Å²) in [5.74, 6) is -0.701. The van der Waals surface area contributed by atoms with Crippen LogP contribution in [0.25, 0.3) is 0 Å². The van der Waals surface area contributed by atoms with Crippen LogP contribution in [0.15, 0.2) is 82.2 Å². The molecule has 0 aliphatic rings. The van der Waals surface area contributed by atoms with Crippen molar-refractivity contribution >= 4 is 66.7 Å². The van der Waals surface area contributed by atoms with Crippen molar-refractivity contribution in [3.63, 3.8) is 0 Å². The first-order valence-corrected chi connectivity index (χ1v) is 15.2. The van der Waals surface area contributed by atoms with Gasteiger partial charge < -0.3 is 10.2 Å². The van der Waals surface area contributed by atoms with E-state index in [9.17, 15) is 18.0 Å². The molecule has 0 radical (unpaired) electrons. The third-order valence-corrected chi connectivity index (χ3v) is 8.92. The molecule has 0 fully saturated rings. The van der Waals surface area contributed by atoms with Crippen molar-refractivity contribution in [2.24, 2.45) is 5.92 Å². The number of rotatable bonds is 11. The average Bonchev–Trinajstić information content (AvgIpc) is 2.90. The zero-order valence-corrected chi connectivity index (χ0v) is 25.7. The second-order valence-corrected chi connectivity index (χ2v) is 13.0. The lowest BCUT2D eigenvalue weighted by atomic mass is 10.1. The van der Waals surface area contributed by atoms with Crippen LogP contribution in [0.4, 0.5) is 5.69 Å². The van der Waals surface area contributed by atoms with Crippen LogP contribution in [-0.4, -0.2) is 44.3 Å². The van der Waals surface area contributed by atoms with E-state index in [4.69, 9.17) is 23.2 Å². The fourth-order valence-electron chi connectivity index (χ4n) is 3.75. The van der Waals surface area contributed by atoms with Gasteiger partial charge in [0.1, 0.15) is 12.6 Å². The number of hydrogen-bond donors (Lipinski definition) is 1. The number of halogens is 3. The minimum absolute atomic E-state index is 0.0176. The lowest BCUT2D eigenvalue weighted by molar-refractivity contribution is -0.139. The van der Waals surface area contributed by atoms with Crippen molar-refractivity contribution in [2.75, 3.05) is 17.4 Å². The van der Waals surface area contributed by atoms with Gasteiger partial charge in [-0.25, -0.2) is 8.42 Å². The summed E-state index contributed by atoms with van der Waals surface area (Å²) in [7, 11) is -4.13. The first-order valence-electron chi connectivity index (χ1n) is 12.2. The zero-order chi connectivity index (χ0) is 28.7. The van der Waals surface area contributed by atoms with Crippen molar-refractivity contribution in [3.8, 4) is 0 Å². The van der Waals surface area contributed by atoms with Gasteiger partial charge in [-0.05, 0) is 60.9 Å². The van der Waals surface area contributed by atoms with Gasteiger partial charge in [0.15, 0.2) is 0 Å². The van der Waals surface area contributed by atoms with Gasteiger partial charge in [0.05, 0.1) is 20.6 Å². The maximum Gasteiger partial charge on any atom is 0.264 e. The molecule has 2 amide bonds. The lowest BCUT2D eigenvalue weighted by Gasteiger charge is -2.32. The predicted octanol–water partition coefficient (Wildman–Crippen LogP) is 6.14. The van der Waals surface area contributed by atoms with Gasteiger partial charge in [-0.3, -0.25) is 13.9 Å². The molecule has 0 unspecified atom stereocenters. The molecule has 0 heterocycles. The fraction of sp³-hybridized carbons (Fsp3) is 0.286. The minimum Gasteiger partial charge on any atom is -0.354 e. The van der Waals surface area contributed by atoms with Crippen molar-refractivity contribution in [1.82, 2.24) is 10.2 Å². The number of sulfonamides is 1. The van der Waals surface area contributed by atoms with Crippen LogP contribution in [0.3, 0.4) is 0 Å². The molecule has 0 aromatic heterocycles. The van der Waals surface area contributed by atoms with E-state index in [2.05, 4.69) is 21.2 Å². The van der Waals surface area contributed by atoms with Gasteiger partial charge >= 0.3 is 0 Å². The Morgan fingerprint density at radius 1 is 0.923 bits per heavy atom. The molecule has 0 aliphatic heterocycles. The highest BCUT2D eigenvalue weighted by molar-refractivity contribution is 9.10. The van der Waals surface area contributed by atoms with E-state index >= 15 is 0 Å². The van der Waals surface area contributed by atoms with Crippen molar-refractivity contribution in [2.45, 2.75) is 38.3 Å². The lowest BCUT2D eigenvalue weighted by Crippen LogP contribution is -2.51. The summed E-state index contributed by atoms with van der Waals surface area (Å²) in [6.07, 6.45) is 0. The van der Waals surface area contributed by atoms with Gasteiger partial charge in [-0.15, -0.1) is 0 Å². The topological polar surface area (TPSA) is 86.8 Å². The van der Waals surface area contributed by atoms with Crippen LogP contribution in [0, 0.1) is 5.92 Å². The van der Waals surface area contributed by atoms with E-state index in [0.717, 1.165) is 4.31 Å². The third kappa shape index (κ3) is 8.20. The van der Waals surface area contributed by atoms with E-state index < -0.39 is 28.5 Å². The van der Waals surface area contributed by atoms with Crippen molar-refractivity contribution in [3.05, 3.63) is 92.9 Å². The Hall–Kier alpha value is -2.59. The summed E-state index contributed by atoms with van der Waals surface area (Å²) in [5, 5.41) is 3.52. The molecule has 0 aliphatic carbocycles. The Bertz CT molecular complexity index is 1420. The van der Waals surface area contributed by atoms with Gasteiger partial charge in [0, 0.05) is 17.6 Å². The molecule has 39 heavy (non-hydrogen) atoms. The normalized spacial score (nSPS) is 12.2. The molecule has 7 nitrogen and oxygen atoms in total. The molecule has 0 bridgehead atoms. The highest BCUT2D eigenvalue weighted by Crippen LogP contribution is 2.28.